The van der Waals surface area contributed by atoms with Gasteiger partial charge >= 0.3 is 13.6 Å². The number of carbonyl (C=O) groups is 1. The first-order valence-electron chi connectivity index (χ1n) is 10.7. The molecule has 6 nitrogen and oxygen atoms in total. The summed E-state index contributed by atoms with van der Waals surface area (Å²) in [6, 6.07) is 33.9. The van der Waals surface area contributed by atoms with Gasteiger partial charge in [-0.3, -0.25) is 0 Å². The van der Waals surface area contributed by atoms with Crippen molar-refractivity contribution in [3.8, 4) is 11.5 Å². The summed E-state index contributed by atoms with van der Waals surface area (Å²) in [6.45, 7) is 0. The van der Waals surface area contributed by atoms with Crippen LogP contribution in [-0.4, -0.2) is 13.1 Å². The molecule has 172 valence electrons. The second-order valence-electron chi connectivity index (χ2n) is 7.38. The van der Waals surface area contributed by atoms with Crippen molar-refractivity contribution in [1.29, 1.82) is 0 Å². The lowest BCUT2D eigenvalue weighted by molar-refractivity contribution is 0.0600. The van der Waals surface area contributed by atoms with Crippen LogP contribution in [0.15, 0.2) is 115 Å². The van der Waals surface area contributed by atoms with Crippen molar-refractivity contribution < 1.29 is 23.1 Å². The minimum Gasteiger partial charge on any atom is -0.465 e. The topological polar surface area (TPSA) is 73.9 Å². The minimum atomic E-state index is -3.90. The predicted octanol–water partition coefficient (Wildman–Crippen LogP) is 6.94. The van der Waals surface area contributed by atoms with Gasteiger partial charge in [0.25, 0.3) is 0 Å². The second kappa shape index (κ2) is 10.7. The van der Waals surface area contributed by atoms with Crippen LogP contribution >= 0.6 is 7.60 Å². The zero-order chi connectivity index (χ0) is 23.8. The number of hydrogen-bond donors (Lipinski definition) is 1. The average molecular weight is 473 g/mol. The largest absolute Gasteiger partial charge is 0.465 e. The normalized spacial score (nSPS) is 11.8. The molecule has 1 atom stereocenters. The molecule has 0 heterocycles. The lowest BCUT2D eigenvalue weighted by Gasteiger charge is -2.29. The quantitative estimate of drug-likeness (QED) is 0.210. The molecule has 0 aliphatic rings. The molecule has 0 bridgehead atoms. The first-order chi connectivity index (χ1) is 16.6. The second-order valence-corrected chi connectivity index (χ2v) is 9.34. The van der Waals surface area contributed by atoms with Crippen LogP contribution in [0.4, 0.5) is 5.69 Å². The van der Waals surface area contributed by atoms with Crippen molar-refractivity contribution in [1.82, 2.24) is 0 Å². The van der Waals surface area contributed by atoms with Gasteiger partial charge in [-0.1, -0.05) is 66.7 Å². The van der Waals surface area contributed by atoms with Crippen molar-refractivity contribution in [3.05, 3.63) is 126 Å². The number of anilines is 1. The standard InChI is InChI=1S/C27H24NO5P/c1-31-27(29)22-17-19-23(20-18-22)28-26(21-11-5-2-6-12-21)34(30,32-24-13-7-3-8-14-24)33-25-15-9-4-10-16-25/h2-20,26,28H,1H3/t26-/m0/s1. The molecule has 0 saturated heterocycles. The van der Waals surface area contributed by atoms with Crippen molar-refractivity contribution >= 4 is 19.3 Å². The Kier molecular flexibility index (Phi) is 7.31. The van der Waals surface area contributed by atoms with Crippen LogP contribution in [0.1, 0.15) is 21.7 Å². The minimum absolute atomic E-state index is 0.411. The molecule has 0 aromatic heterocycles. The molecule has 4 rings (SSSR count). The number of benzene rings is 4. The summed E-state index contributed by atoms with van der Waals surface area (Å²) in [6.07, 6.45) is 0. The molecule has 34 heavy (non-hydrogen) atoms. The van der Waals surface area contributed by atoms with Crippen LogP contribution in [0.25, 0.3) is 0 Å². The predicted molar refractivity (Wildman–Crippen MR) is 132 cm³/mol. The van der Waals surface area contributed by atoms with E-state index >= 15 is 0 Å². The molecule has 1 N–H and O–H groups in total. The van der Waals surface area contributed by atoms with E-state index in [9.17, 15) is 9.36 Å². The van der Waals surface area contributed by atoms with Crippen molar-refractivity contribution in [2.24, 2.45) is 0 Å². The van der Waals surface area contributed by atoms with E-state index in [1.807, 2.05) is 42.5 Å². The van der Waals surface area contributed by atoms with Crippen molar-refractivity contribution in [2.75, 3.05) is 12.4 Å². The number of para-hydroxylation sites is 2. The van der Waals surface area contributed by atoms with Gasteiger partial charge in [0, 0.05) is 5.69 Å². The third-order valence-corrected chi connectivity index (χ3v) is 6.98. The van der Waals surface area contributed by atoms with E-state index < -0.39 is 19.3 Å². The van der Waals surface area contributed by atoms with E-state index in [-0.39, 0.29) is 0 Å². The van der Waals surface area contributed by atoms with Gasteiger partial charge in [0.2, 0.25) is 0 Å². The smallest absolute Gasteiger partial charge is 0.457 e. The first-order valence-corrected chi connectivity index (χ1v) is 12.3. The van der Waals surface area contributed by atoms with Gasteiger partial charge in [-0.05, 0) is 54.1 Å². The third kappa shape index (κ3) is 5.66. The molecule has 0 aliphatic carbocycles. The molecular weight excluding hydrogens is 449 g/mol. The molecule has 0 aliphatic heterocycles. The molecule has 0 fully saturated rings. The van der Waals surface area contributed by atoms with Gasteiger partial charge < -0.3 is 19.1 Å². The number of methoxy groups -OCH3 is 1. The molecule has 4 aromatic carbocycles. The van der Waals surface area contributed by atoms with Crippen LogP contribution in [0, 0.1) is 0 Å². The fourth-order valence-corrected chi connectivity index (χ4v) is 5.26. The van der Waals surface area contributed by atoms with Gasteiger partial charge in [0.15, 0.2) is 5.78 Å². The monoisotopic (exact) mass is 473 g/mol. The highest BCUT2D eigenvalue weighted by molar-refractivity contribution is 7.55. The van der Waals surface area contributed by atoms with Crippen LogP contribution in [0.3, 0.4) is 0 Å². The molecule has 0 amide bonds. The Labute approximate surface area is 198 Å². The zero-order valence-electron chi connectivity index (χ0n) is 18.5. The molecule has 0 spiro atoms. The van der Waals surface area contributed by atoms with E-state index in [1.165, 1.54) is 7.11 Å². The molecule has 0 unspecified atom stereocenters. The summed E-state index contributed by atoms with van der Waals surface area (Å²) in [5.41, 5.74) is 1.76. The molecule has 7 heteroatoms. The number of nitrogens with one attached hydrogen (secondary N) is 1. The maximum Gasteiger partial charge on any atom is 0.457 e. The third-order valence-electron chi connectivity index (χ3n) is 4.99. The Morgan fingerprint density at radius 3 is 1.65 bits per heavy atom. The summed E-state index contributed by atoms with van der Waals surface area (Å²) in [4.78, 5) is 11.8. The Balaban J connectivity index is 1.75. The zero-order valence-corrected chi connectivity index (χ0v) is 19.4. The lowest BCUT2D eigenvalue weighted by atomic mass is 10.2. The Bertz CT molecular complexity index is 1200. The number of esters is 1. The highest BCUT2D eigenvalue weighted by Crippen LogP contribution is 2.60. The molecule has 0 radical (unpaired) electrons. The fraction of sp³-hybridized carbons (Fsp3) is 0.0741. The highest BCUT2D eigenvalue weighted by atomic mass is 31.2. The molecular formula is C27H24NO5P. The van der Waals surface area contributed by atoms with E-state index in [4.69, 9.17) is 13.8 Å². The maximum atomic E-state index is 14.5. The van der Waals surface area contributed by atoms with Gasteiger partial charge in [0.1, 0.15) is 11.5 Å². The first kappa shape index (κ1) is 23.1. The highest BCUT2D eigenvalue weighted by Gasteiger charge is 2.41. The van der Waals surface area contributed by atoms with E-state index in [0.717, 1.165) is 5.56 Å². The van der Waals surface area contributed by atoms with Crippen molar-refractivity contribution in [2.45, 2.75) is 5.78 Å². The number of carbonyl (C=O) groups excluding carboxylic acids is 1. The number of hydrogen-bond acceptors (Lipinski definition) is 6. The number of rotatable bonds is 9. The molecule has 0 saturated carbocycles. The Hall–Kier alpha value is -4.02. The summed E-state index contributed by atoms with van der Waals surface area (Å²) < 4.78 is 31.4. The summed E-state index contributed by atoms with van der Waals surface area (Å²) >= 11 is 0. The average Bonchev–Trinajstić information content (AvgIpc) is 2.88. The van der Waals surface area contributed by atoms with Crippen LogP contribution in [0.5, 0.6) is 11.5 Å². The fourth-order valence-electron chi connectivity index (χ4n) is 3.34. The molecule has 4 aromatic rings. The number of ether oxygens (including phenoxy) is 1. The van der Waals surface area contributed by atoms with Gasteiger partial charge in [-0.15, -0.1) is 0 Å². The lowest BCUT2D eigenvalue weighted by Crippen LogP contribution is -2.18. The summed E-state index contributed by atoms with van der Waals surface area (Å²) in [7, 11) is -2.57. The van der Waals surface area contributed by atoms with E-state index in [1.54, 1.807) is 72.8 Å². The van der Waals surface area contributed by atoms with Crippen LogP contribution in [-0.2, 0) is 9.30 Å². The Morgan fingerprint density at radius 2 is 1.18 bits per heavy atom. The summed E-state index contributed by atoms with van der Waals surface area (Å²) in [5.74, 6) is -0.439. The van der Waals surface area contributed by atoms with E-state index in [2.05, 4.69) is 5.32 Å². The maximum absolute atomic E-state index is 14.5. The van der Waals surface area contributed by atoms with Crippen LogP contribution in [0.2, 0.25) is 0 Å². The van der Waals surface area contributed by atoms with Gasteiger partial charge in [-0.25, -0.2) is 9.36 Å². The SMILES string of the molecule is COC(=O)c1ccc(N[C@H](c2ccccc2)P(=O)(Oc2ccccc2)Oc2ccccc2)cc1. The van der Waals surface area contributed by atoms with Crippen molar-refractivity contribution in [3.63, 3.8) is 0 Å². The Morgan fingerprint density at radius 1 is 0.706 bits per heavy atom. The summed E-state index contributed by atoms with van der Waals surface area (Å²) in [5, 5.41) is 3.30. The van der Waals surface area contributed by atoms with E-state index in [0.29, 0.717) is 22.7 Å². The van der Waals surface area contributed by atoms with Crippen LogP contribution < -0.4 is 14.4 Å². The van der Waals surface area contributed by atoms with Gasteiger partial charge in [0.05, 0.1) is 12.7 Å². The van der Waals surface area contributed by atoms with Gasteiger partial charge in [-0.2, -0.15) is 0 Å².